The lowest BCUT2D eigenvalue weighted by atomic mass is 10.1. The van der Waals surface area contributed by atoms with Crippen LogP contribution in [0.2, 0.25) is 0 Å². The SMILES string of the molecule is C[C@@H]1CN([C@H](C)CNC(=O)CCc2cccs2)C[C@H](C)O1. The monoisotopic (exact) mass is 310 g/mol. The fourth-order valence-electron chi connectivity index (χ4n) is 2.75. The molecule has 1 aromatic rings. The van der Waals surface area contributed by atoms with Gasteiger partial charge in [0.2, 0.25) is 5.91 Å². The molecule has 1 aromatic heterocycles. The Labute approximate surface area is 131 Å². The van der Waals surface area contributed by atoms with Crippen molar-refractivity contribution in [1.82, 2.24) is 10.2 Å². The number of carbonyl (C=O) groups excluding carboxylic acids is 1. The maximum absolute atomic E-state index is 11.9. The molecule has 1 saturated heterocycles. The second-order valence-electron chi connectivity index (χ2n) is 5.94. The Morgan fingerprint density at radius 1 is 1.48 bits per heavy atom. The van der Waals surface area contributed by atoms with Crippen molar-refractivity contribution >= 4 is 17.2 Å². The molecule has 1 aliphatic heterocycles. The number of hydrogen-bond donors (Lipinski definition) is 1. The highest BCUT2D eigenvalue weighted by molar-refractivity contribution is 7.09. The molecule has 3 atom stereocenters. The maximum Gasteiger partial charge on any atom is 0.220 e. The molecule has 0 aromatic carbocycles. The second-order valence-corrected chi connectivity index (χ2v) is 6.98. The van der Waals surface area contributed by atoms with Gasteiger partial charge in [-0.05, 0) is 38.6 Å². The van der Waals surface area contributed by atoms with Gasteiger partial charge in [0.05, 0.1) is 12.2 Å². The average Bonchev–Trinajstić information content (AvgIpc) is 2.94. The summed E-state index contributed by atoms with van der Waals surface area (Å²) in [6.45, 7) is 8.98. The third-order valence-corrected chi connectivity index (χ3v) is 4.78. The Kier molecular flexibility index (Phi) is 6.21. The minimum absolute atomic E-state index is 0.143. The van der Waals surface area contributed by atoms with Gasteiger partial charge >= 0.3 is 0 Å². The van der Waals surface area contributed by atoms with Gasteiger partial charge in [-0.3, -0.25) is 9.69 Å². The summed E-state index contributed by atoms with van der Waals surface area (Å²) in [5.41, 5.74) is 0. The highest BCUT2D eigenvalue weighted by Crippen LogP contribution is 2.13. The van der Waals surface area contributed by atoms with Crippen LogP contribution in [0.5, 0.6) is 0 Å². The first kappa shape index (κ1) is 16.5. The Bertz CT molecular complexity index is 425. The highest BCUT2D eigenvalue weighted by atomic mass is 32.1. The van der Waals surface area contributed by atoms with Crippen LogP contribution in [0, 0.1) is 0 Å². The summed E-state index contributed by atoms with van der Waals surface area (Å²) in [5, 5.41) is 5.11. The summed E-state index contributed by atoms with van der Waals surface area (Å²) in [7, 11) is 0. The lowest BCUT2D eigenvalue weighted by molar-refractivity contribution is -0.121. The molecule has 118 valence electrons. The van der Waals surface area contributed by atoms with Crippen molar-refractivity contribution in [2.75, 3.05) is 19.6 Å². The zero-order valence-corrected chi connectivity index (χ0v) is 14.0. The summed E-state index contributed by atoms with van der Waals surface area (Å²) in [6.07, 6.45) is 1.95. The Morgan fingerprint density at radius 3 is 2.81 bits per heavy atom. The molecule has 1 aliphatic rings. The molecular weight excluding hydrogens is 284 g/mol. The number of rotatable bonds is 6. The molecule has 0 bridgehead atoms. The summed E-state index contributed by atoms with van der Waals surface area (Å²) in [6, 6.07) is 4.46. The van der Waals surface area contributed by atoms with Crippen LogP contribution in [0.15, 0.2) is 17.5 Å². The molecule has 0 saturated carbocycles. The van der Waals surface area contributed by atoms with Gasteiger partial charge in [-0.25, -0.2) is 0 Å². The first-order valence-corrected chi connectivity index (χ1v) is 8.61. The van der Waals surface area contributed by atoms with E-state index in [1.54, 1.807) is 11.3 Å². The summed E-state index contributed by atoms with van der Waals surface area (Å²) >= 11 is 1.71. The van der Waals surface area contributed by atoms with Gasteiger partial charge in [0.25, 0.3) is 0 Å². The number of aryl methyl sites for hydroxylation is 1. The molecule has 1 amide bonds. The molecule has 0 aliphatic carbocycles. The van der Waals surface area contributed by atoms with Gasteiger partial charge < -0.3 is 10.1 Å². The van der Waals surface area contributed by atoms with Crippen LogP contribution in [0.1, 0.15) is 32.1 Å². The van der Waals surface area contributed by atoms with Crippen LogP contribution >= 0.6 is 11.3 Å². The number of morpholine rings is 1. The van der Waals surface area contributed by atoms with Crippen molar-refractivity contribution < 1.29 is 9.53 Å². The van der Waals surface area contributed by atoms with E-state index in [1.165, 1.54) is 4.88 Å². The predicted molar refractivity (Wildman–Crippen MR) is 86.7 cm³/mol. The molecule has 2 rings (SSSR count). The quantitative estimate of drug-likeness (QED) is 0.876. The number of ether oxygens (including phenoxy) is 1. The molecule has 4 nitrogen and oxygen atoms in total. The maximum atomic E-state index is 11.9. The van der Waals surface area contributed by atoms with E-state index in [0.29, 0.717) is 19.0 Å². The molecule has 1 fully saturated rings. The number of nitrogens with one attached hydrogen (secondary N) is 1. The van der Waals surface area contributed by atoms with E-state index in [4.69, 9.17) is 4.74 Å². The molecule has 0 radical (unpaired) electrons. The Hall–Kier alpha value is -0.910. The van der Waals surface area contributed by atoms with Gasteiger partial charge in [0, 0.05) is 37.0 Å². The van der Waals surface area contributed by atoms with E-state index < -0.39 is 0 Å². The standard InChI is InChI=1S/C16H26N2O2S/c1-12(18-10-13(2)20-14(3)11-18)9-17-16(19)7-6-15-5-4-8-21-15/h4-5,8,12-14H,6-7,9-11H2,1-3H3,(H,17,19)/t12-,13-,14+/m1/s1. The third-order valence-electron chi connectivity index (χ3n) is 3.84. The molecule has 2 heterocycles. The molecule has 5 heteroatoms. The average molecular weight is 310 g/mol. The predicted octanol–water partition coefficient (Wildman–Crippen LogP) is 2.29. The minimum Gasteiger partial charge on any atom is -0.373 e. The third kappa shape index (κ3) is 5.41. The van der Waals surface area contributed by atoms with Crippen LogP contribution in [-0.2, 0) is 16.0 Å². The first-order valence-electron chi connectivity index (χ1n) is 7.73. The summed E-state index contributed by atoms with van der Waals surface area (Å²) in [4.78, 5) is 15.6. The Morgan fingerprint density at radius 2 is 2.19 bits per heavy atom. The van der Waals surface area contributed by atoms with Crippen LogP contribution in [0.3, 0.4) is 0 Å². The lowest BCUT2D eigenvalue weighted by Crippen LogP contribution is -2.52. The van der Waals surface area contributed by atoms with E-state index in [1.807, 2.05) is 6.07 Å². The second kappa shape index (κ2) is 7.92. The van der Waals surface area contributed by atoms with Crippen LogP contribution in [-0.4, -0.2) is 48.7 Å². The topological polar surface area (TPSA) is 41.6 Å². The zero-order chi connectivity index (χ0) is 15.2. The first-order chi connectivity index (χ1) is 10.0. The van der Waals surface area contributed by atoms with Gasteiger partial charge in [0.15, 0.2) is 0 Å². The largest absolute Gasteiger partial charge is 0.373 e. The minimum atomic E-state index is 0.143. The fourth-order valence-corrected chi connectivity index (χ4v) is 3.46. The van der Waals surface area contributed by atoms with Crippen molar-refractivity contribution in [3.8, 4) is 0 Å². The smallest absolute Gasteiger partial charge is 0.220 e. The van der Waals surface area contributed by atoms with Crippen molar-refractivity contribution in [1.29, 1.82) is 0 Å². The normalized spacial score (nSPS) is 24.7. The summed E-state index contributed by atoms with van der Waals surface area (Å²) in [5.74, 6) is 0.143. The van der Waals surface area contributed by atoms with Gasteiger partial charge in [-0.1, -0.05) is 6.07 Å². The molecule has 21 heavy (non-hydrogen) atoms. The summed E-state index contributed by atoms with van der Waals surface area (Å²) < 4.78 is 5.74. The van der Waals surface area contributed by atoms with E-state index in [-0.39, 0.29) is 18.1 Å². The number of amides is 1. The van der Waals surface area contributed by atoms with Crippen molar-refractivity contribution in [3.63, 3.8) is 0 Å². The van der Waals surface area contributed by atoms with Crippen LogP contribution < -0.4 is 5.32 Å². The van der Waals surface area contributed by atoms with E-state index in [9.17, 15) is 4.79 Å². The van der Waals surface area contributed by atoms with E-state index in [2.05, 4.69) is 42.4 Å². The molecule has 1 N–H and O–H groups in total. The van der Waals surface area contributed by atoms with Crippen LogP contribution in [0.25, 0.3) is 0 Å². The molecular formula is C16H26N2O2S. The van der Waals surface area contributed by atoms with Crippen LogP contribution in [0.4, 0.5) is 0 Å². The molecule has 0 spiro atoms. The lowest BCUT2D eigenvalue weighted by Gasteiger charge is -2.39. The van der Waals surface area contributed by atoms with Crippen molar-refractivity contribution in [2.45, 2.75) is 51.9 Å². The number of thiophene rings is 1. The van der Waals surface area contributed by atoms with Crippen molar-refractivity contribution in [2.24, 2.45) is 0 Å². The number of nitrogens with zero attached hydrogens (tertiary/aromatic N) is 1. The van der Waals surface area contributed by atoms with Crippen molar-refractivity contribution in [3.05, 3.63) is 22.4 Å². The van der Waals surface area contributed by atoms with Gasteiger partial charge in [-0.2, -0.15) is 0 Å². The Balaban J connectivity index is 1.68. The van der Waals surface area contributed by atoms with Gasteiger partial charge in [0.1, 0.15) is 0 Å². The number of carbonyl (C=O) groups is 1. The van der Waals surface area contributed by atoms with E-state index >= 15 is 0 Å². The number of hydrogen-bond acceptors (Lipinski definition) is 4. The molecule has 0 unspecified atom stereocenters. The van der Waals surface area contributed by atoms with Gasteiger partial charge in [-0.15, -0.1) is 11.3 Å². The highest BCUT2D eigenvalue weighted by Gasteiger charge is 2.25. The zero-order valence-electron chi connectivity index (χ0n) is 13.2. The fraction of sp³-hybridized carbons (Fsp3) is 0.688. The van der Waals surface area contributed by atoms with E-state index in [0.717, 1.165) is 19.5 Å².